The third-order valence-electron chi connectivity index (χ3n) is 6.65. The molecule has 42 heavy (non-hydrogen) atoms. The molecule has 7 N–H and O–H groups in total. The lowest BCUT2D eigenvalue weighted by molar-refractivity contribution is -0.159. The summed E-state index contributed by atoms with van der Waals surface area (Å²) in [6, 6.07) is 10.3. The number of aromatic hydroxyl groups is 1. The minimum absolute atomic E-state index is 0.0403. The van der Waals surface area contributed by atoms with Gasteiger partial charge in [-0.15, -0.1) is 0 Å². The quantitative estimate of drug-likeness (QED) is 0.191. The zero-order chi connectivity index (χ0) is 31.4. The van der Waals surface area contributed by atoms with E-state index in [1.807, 2.05) is 6.07 Å². The van der Waals surface area contributed by atoms with Crippen molar-refractivity contribution in [3.05, 3.63) is 65.7 Å². The average molecular weight is 585 g/mol. The van der Waals surface area contributed by atoms with Gasteiger partial charge in [-0.2, -0.15) is 0 Å². The number of rotatable bonds is 15. The van der Waals surface area contributed by atoms with Gasteiger partial charge in [0.15, 0.2) is 0 Å². The molecular weight excluding hydrogens is 544 g/mol. The number of ether oxygens (including phenoxy) is 1. The molecule has 228 valence electrons. The SMILES string of the molecule is CC(=O)N(C(=O)[C@@H](NC(=O)[C@@H](N)Cc1ccc(O)cc1)C(C)C)[C@@H](CCCC(N)C(=O)OCc1ccccc1)C(=O)O. The fourth-order valence-electron chi connectivity index (χ4n) is 4.28. The Bertz CT molecular complexity index is 1220. The number of phenolic OH excluding ortho intramolecular Hbond substituents is 1. The van der Waals surface area contributed by atoms with Crippen molar-refractivity contribution in [2.24, 2.45) is 17.4 Å². The first-order valence-electron chi connectivity index (χ1n) is 13.7. The molecule has 2 aromatic rings. The number of aliphatic carboxylic acids is 1. The number of carboxylic acids is 1. The molecule has 0 aliphatic heterocycles. The molecule has 2 rings (SSSR count). The largest absolute Gasteiger partial charge is 0.508 e. The Morgan fingerprint density at radius 2 is 1.52 bits per heavy atom. The third-order valence-corrected chi connectivity index (χ3v) is 6.65. The van der Waals surface area contributed by atoms with Crippen LogP contribution in [-0.4, -0.2) is 68.9 Å². The van der Waals surface area contributed by atoms with Crippen LogP contribution < -0.4 is 16.8 Å². The molecule has 0 spiro atoms. The second-order valence-electron chi connectivity index (χ2n) is 10.4. The summed E-state index contributed by atoms with van der Waals surface area (Å²) < 4.78 is 5.22. The Balaban J connectivity index is 2.04. The smallest absolute Gasteiger partial charge is 0.326 e. The van der Waals surface area contributed by atoms with Crippen molar-refractivity contribution in [2.45, 2.75) is 77.2 Å². The number of esters is 1. The molecule has 12 nitrogen and oxygen atoms in total. The zero-order valence-electron chi connectivity index (χ0n) is 24.1. The molecule has 12 heteroatoms. The maximum Gasteiger partial charge on any atom is 0.326 e. The minimum Gasteiger partial charge on any atom is -0.508 e. The molecule has 0 aromatic heterocycles. The summed E-state index contributed by atoms with van der Waals surface area (Å²) in [5.41, 5.74) is 13.4. The Hall–Kier alpha value is -4.29. The van der Waals surface area contributed by atoms with Gasteiger partial charge in [0.25, 0.3) is 5.91 Å². The highest BCUT2D eigenvalue weighted by atomic mass is 16.5. The number of amides is 3. The first-order chi connectivity index (χ1) is 19.8. The second-order valence-corrected chi connectivity index (χ2v) is 10.4. The maximum atomic E-state index is 13.5. The first-order valence-corrected chi connectivity index (χ1v) is 13.7. The molecule has 0 aliphatic carbocycles. The Morgan fingerprint density at radius 1 is 0.905 bits per heavy atom. The lowest BCUT2D eigenvalue weighted by atomic mass is 9.98. The van der Waals surface area contributed by atoms with Gasteiger partial charge in [-0.05, 0) is 54.9 Å². The van der Waals surface area contributed by atoms with Crippen LogP contribution in [0.2, 0.25) is 0 Å². The number of nitrogens with two attached hydrogens (primary N) is 2. The number of nitrogens with zero attached hydrogens (tertiary/aromatic N) is 1. The molecule has 4 atom stereocenters. The Labute approximate surface area is 245 Å². The molecule has 0 saturated heterocycles. The van der Waals surface area contributed by atoms with Crippen LogP contribution in [0.15, 0.2) is 54.6 Å². The molecule has 1 unspecified atom stereocenters. The molecule has 0 saturated carbocycles. The van der Waals surface area contributed by atoms with E-state index in [4.69, 9.17) is 16.2 Å². The third kappa shape index (κ3) is 10.3. The van der Waals surface area contributed by atoms with Gasteiger partial charge in [-0.3, -0.25) is 24.1 Å². The predicted octanol–water partition coefficient (Wildman–Crippen LogP) is 1.47. The number of carbonyl (C=O) groups is 5. The van der Waals surface area contributed by atoms with Gasteiger partial charge in [0.05, 0.1) is 6.04 Å². The summed E-state index contributed by atoms with van der Waals surface area (Å²) >= 11 is 0. The van der Waals surface area contributed by atoms with Gasteiger partial charge < -0.3 is 31.7 Å². The van der Waals surface area contributed by atoms with E-state index in [0.717, 1.165) is 12.5 Å². The number of carbonyl (C=O) groups excluding carboxylic acids is 4. The fourth-order valence-corrected chi connectivity index (χ4v) is 4.28. The molecule has 0 aliphatic rings. The number of nitrogens with one attached hydrogen (secondary N) is 1. The van der Waals surface area contributed by atoms with Crippen molar-refractivity contribution in [1.29, 1.82) is 0 Å². The Kier molecular flexibility index (Phi) is 13.1. The van der Waals surface area contributed by atoms with Gasteiger partial charge in [-0.25, -0.2) is 4.79 Å². The summed E-state index contributed by atoms with van der Waals surface area (Å²) in [7, 11) is 0. The molecule has 0 fully saturated rings. The van der Waals surface area contributed by atoms with Crippen LogP contribution in [0.3, 0.4) is 0 Å². The van der Waals surface area contributed by atoms with Crippen LogP contribution >= 0.6 is 0 Å². The summed E-state index contributed by atoms with van der Waals surface area (Å²) in [6.07, 6.45) is 0.117. The van der Waals surface area contributed by atoms with Gasteiger partial charge in [0.1, 0.15) is 30.5 Å². The van der Waals surface area contributed by atoms with E-state index >= 15 is 0 Å². The zero-order valence-corrected chi connectivity index (χ0v) is 24.1. The highest BCUT2D eigenvalue weighted by Gasteiger charge is 2.38. The van der Waals surface area contributed by atoms with Gasteiger partial charge in [-0.1, -0.05) is 56.3 Å². The highest BCUT2D eigenvalue weighted by Crippen LogP contribution is 2.17. The van der Waals surface area contributed by atoms with E-state index in [1.54, 1.807) is 50.2 Å². The predicted molar refractivity (Wildman–Crippen MR) is 154 cm³/mol. The topological polar surface area (TPSA) is 202 Å². The van der Waals surface area contributed by atoms with Crippen molar-refractivity contribution in [2.75, 3.05) is 0 Å². The van der Waals surface area contributed by atoms with Crippen LogP contribution in [-0.2, 0) is 41.7 Å². The molecule has 0 bridgehead atoms. The molecule has 0 radical (unpaired) electrons. The molecule has 2 aromatic carbocycles. The lowest BCUT2D eigenvalue weighted by Gasteiger charge is -2.32. The average Bonchev–Trinajstić information content (AvgIpc) is 2.94. The summed E-state index contributed by atoms with van der Waals surface area (Å²) in [4.78, 5) is 64.0. The van der Waals surface area contributed by atoms with Gasteiger partial charge in [0.2, 0.25) is 11.8 Å². The number of hydrogen-bond acceptors (Lipinski definition) is 9. The highest BCUT2D eigenvalue weighted by molar-refractivity contribution is 6.02. The fraction of sp³-hybridized carbons (Fsp3) is 0.433. The van der Waals surface area contributed by atoms with E-state index < -0.39 is 59.7 Å². The molecule has 3 amide bonds. The van der Waals surface area contributed by atoms with Crippen molar-refractivity contribution in [1.82, 2.24) is 10.2 Å². The van der Waals surface area contributed by atoms with Crippen LogP contribution in [0.4, 0.5) is 0 Å². The second kappa shape index (κ2) is 16.2. The van der Waals surface area contributed by atoms with Gasteiger partial charge in [0, 0.05) is 6.92 Å². The van der Waals surface area contributed by atoms with E-state index in [2.05, 4.69) is 5.32 Å². The maximum absolute atomic E-state index is 13.5. The number of benzene rings is 2. The summed E-state index contributed by atoms with van der Waals surface area (Å²) in [5.74, 6) is -4.89. The summed E-state index contributed by atoms with van der Waals surface area (Å²) in [6.45, 7) is 4.39. The number of carboxylic acid groups (broad SMARTS) is 1. The Morgan fingerprint density at radius 3 is 2.07 bits per heavy atom. The number of imide groups is 1. The van der Waals surface area contributed by atoms with E-state index in [9.17, 15) is 34.2 Å². The molecule has 0 heterocycles. The lowest BCUT2D eigenvalue weighted by Crippen LogP contribution is -2.59. The van der Waals surface area contributed by atoms with Crippen molar-refractivity contribution in [3.63, 3.8) is 0 Å². The normalized spacial score (nSPS) is 13.9. The van der Waals surface area contributed by atoms with Crippen LogP contribution in [0, 0.1) is 5.92 Å². The van der Waals surface area contributed by atoms with Crippen molar-refractivity contribution < 1.29 is 38.9 Å². The van der Waals surface area contributed by atoms with E-state index in [-0.39, 0.29) is 38.0 Å². The van der Waals surface area contributed by atoms with Crippen molar-refractivity contribution >= 4 is 29.7 Å². The van der Waals surface area contributed by atoms with E-state index in [1.165, 1.54) is 12.1 Å². The van der Waals surface area contributed by atoms with Gasteiger partial charge >= 0.3 is 11.9 Å². The van der Waals surface area contributed by atoms with Crippen LogP contribution in [0.1, 0.15) is 51.2 Å². The summed E-state index contributed by atoms with van der Waals surface area (Å²) in [5, 5.41) is 21.9. The standard InChI is InChI=1S/C30H40N4O8/c1-18(2)26(33-27(37)24(32)16-20-12-14-22(36)15-13-20)28(38)34(19(3)35)25(29(39)40)11-7-10-23(31)30(41)42-17-21-8-5-4-6-9-21/h4-6,8-9,12-15,18,23-26,36H,7,10-11,16-17,31-32H2,1-3H3,(H,33,37)(H,39,40)/t23?,24-,25-,26-/m0/s1. The number of phenols is 1. The molecular formula is C30H40N4O8. The van der Waals surface area contributed by atoms with Crippen molar-refractivity contribution in [3.8, 4) is 5.75 Å². The first kappa shape index (κ1) is 33.9. The van der Waals surface area contributed by atoms with Crippen LogP contribution in [0.5, 0.6) is 5.75 Å². The van der Waals surface area contributed by atoms with E-state index in [0.29, 0.717) is 10.5 Å². The number of hydrogen-bond donors (Lipinski definition) is 5. The minimum atomic E-state index is -1.55. The van der Waals surface area contributed by atoms with Crippen LogP contribution in [0.25, 0.3) is 0 Å². The monoisotopic (exact) mass is 584 g/mol.